The zero-order valence-corrected chi connectivity index (χ0v) is 25.1. The highest BCUT2D eigenvalue weighted by Crippen LogP contribution is 2.38. The molecule has 0 saturated heterocycles. The fourth-order valence-corrected chi connectivity index (χ4v) is 6.54. The number of aliphatic carboxylic acids is 1. The van der Waals surface area contributed by atoms with Crippen molar-refractivity contribution in [3.05, 3.63) is 69.6 Å². The Morgan fingerprint density at radius 3 is 2.07 bits per heavy atom. The van der Waals surface area contributed by atoms with Gasteiger partial charge < -0.3 is 19.4 Å². The summed E-state index contributed by atoms with van der Waals surface area (Å²) in [7, 11) is 0. The maximum absolute atomic E-state index is 13.7. The Kier molecular flexibility index (Phi) is 9.36. The van der Waals surface area contributed by atoms with Gasteiger partial charge in [-0.3, -0.25) is 4.79 Å². The Hall–Kier alpha value is -3.77. The van der Waals surface area contributed by atoms with Crippen LogP contribution in [0.4, 0.5) is 38.0 Å². The summed E-state index contributed by atoms with van der Waals surface area (Å²) in [6, 6.07) is 5.80. The molecule has 0 amide bonds. The maximum atomic E-state index is 13.7. The largest absolute Gasteiger partial charge is 0.481 e. The summed E-state index contributed by atoms with van der Waals surface area (Å²) in [6.07, 6.45) is -4.34. The number of benzene rings is 2. The average Bonchev–Trinajstić information content (AvgIpc) is 3.63. The fraction of sp³-hybridized carbons (Fsp3) is 0.531. The van der Waals surface area contributed by atoms with Crippen LogP contribution in [0.3, 0.4) is 0 Å². The van der Waals surface area contributed by atoms with E-state index in [1.54, 1.807) is 6.92 Å². The van der Waals surface area contributed by atoms with Crippen molar-refractivity contribution in [3.8, 4) is 0 Å². The van der Waals surface area contributed by atoms with E-state index in [1.807, 2.05) is 6.92 Å². The van der Waals surface area contributed by atoms with Gasteiger partial charge in [0.15, 0.2) is 0 Å². The van der Waals surface area contributed by atoms with E-state index >= 15 is 0 Å². The van der Waals surface area contributed by atoms with Gasteiger partial charge in [-0.1, -0.05) is 6.07 Å². The highest BCUT2D eigenvalue weighted by atomic mass is 19.4. The number of hydrogen-bond acceptors (Lipinski definition) is 6. The minimum absolute atomic E-state index is 0.0555. The van der Waals surface area contributed by atoms with E-state index in [-0.39, 0.29) is 42.5 Å². The van der Waals surface area contributed by atoms with Crippen LogP contribution in [0.25, 0.3) is 0 Å². The predicted octanol–water partition coefficient (Wildman–Crippen LogP) is 7.83. The molecular weight excluding hydrogens is 602 g/mol. The van der Waals surface area contributed by atoms with Crippen molar-refractivity contribution in [2.45, 2.75) is 84.2 Å². The van der Waals surface area contributed by atoms with Crippen molar-refractivity contribution < 1.29 is 40.8 Å². The molecule has 45 heavy (non-hydrogen) atoms. The van der Waals surface area contributed by atoms with Gasteiger partial charge in [0.2, 0.25) is 5.89 Å². The van der Waals surface area contributed by atoms with Crippen molar-refractivity contribution >= 4 is 17.6 Å². The van der Waals surface area contributed by atoms with Crippen molar-refractivity contribution in [3.63, 3.8) is 0 Å². The van der Waals surface area contributed by atoms with Gasteiger partial charge in [-0.05, 0) is 109 Å². The molecule has 244 valence electrons. The molecule has 0 radical (unpaired) electrons. The number of aryl methyl sites for hydroxylation is 3. The summed E-state index contributed by atoms with van der Waals surface area (Å²) in [5.74, 6) is -0.533. The van der Waals surface area contributed by atoms with Crippen LogP contribution >= 0.6 is 0 Å². The molecule has 0 spiro atoms. The van der Waals surface area contributed by atoms with Crippen molar-refractivity contribution in [2.24, 2.45) is 11.8 Å². The lowest BCUT2D eigenvalue weighted by molar-refractivity contribution is -0.144. The van der Waals surface area contributed by atoms with Crippen LogP contribution < -0.4 is 9.80 Å². The number of anilines is 2. The number of carboxylic acids is 1. The fourth-order valence-electron chi connectivity index (χ4n) is 6.54. The number of alkyl halides is 6. The quantitative estimate of drug-likeness (QED) is 0.227. The van der Waals surface area contributed by atoms with Gasteiger partial charge in [0, 0.05) is 38.8 Å². The van der Waals surface area contributed by atoms with E-state index in [4.69, 9.17) is 4.52 Å². The first-order valence-electron chi connectivity index (χ1n) is 15.2. The van der Waals surface area contributed by atoms with Gasteiger partial charge in [-0.2, -0.15) is 31.3 Å². The Morgan fingerprint density at radius 2 is 1.53 bits per heavy atom. The standard InChI is InChI=1S/C32H36F6N4O3/c1-3-41(16-20-7-9-22(10-8-20)29(43)44)28-14-24-6-4-5-23(24)13-25(28)18-42(30-39-19(2)45-40-30)17-21-11-26(31(33,34)35)15-27(12-21)32(36,37)38/h11-15,20,22H,3-10,16-18H2,1-2H3,(H,43,44)/t20-,22-. The van der Waals surface area contributed by atoms with Gasteiger partial charge in [0.25, 0.3) is 5.95 Å². The summed E-state index contributed by atoms with van der Waals surface area (Å²) in [6.45, 7) is 4.74. The third kappa shape index (κ3) is 7.73. The van der Waals surface area contributed by atoms with Gasteiger partial charge in [-0.25, -0.2) is 0 Å². The number of aromatic nitrogens is 2. The average molecular weight is 639 g/mol. The molecule has 0 unspecified atom stereocenters. The van der Waals surface area contributed by atoms with Crippen LogP contribution in [0.15, 0.2) is 34.9 Å². The molecule has 5 rings (SSSR count). The second-order valence-electron chi connectivity index (χ2n) is 12.1. The molecule has 0 atom stereocenters. The number of fused-ring (bicyclic) bond motifs is 1. The highest BCUT2D eigenvalue weighted by molar-refractivity contribution is 5.70. The zero-order valence-electron chi connectivity index (χ0n) is 25.1. The normalized spacial score (nSPS) is 18.6. The molecule has 0 bridgehead atoms. The number of carbonyl (C=O) groups is 1. The van der Waals surface area contributed by atoms with Gasteiger partial charge >= 0.3 is 18.3 Å². The third-order valence-corrected chi connectivity index (χ3v) is 8.87. The Balaban J connectivity index is 1.50. The van der Waals surface area contributed by atoms with E-state index in [0.717, 1.165) is 61.1 Å². The Labute approximate surface area is 257 Å². The zero-order chi connectivity index (χ0) is 32.5. The minimum atomic E-state index is -4.97. The highest BCUT2D eigenvalue weighted by Gasteiger charge is 2.37. The molecule has 3 aromatic rings. The van der Waals surface area contributed by atoms with Crippen LogP contribution in [-0.2, 0) is 43.1 Å². The van der Waals surface area contributed by atoms with E-state index in [0.29, 0.717) is 31.8 Å². The number of hydrogen-bond donors (Lipinski definition) is 1. The molecule has 2 aliphatic rings. The molecule has 7 nitrogen and oxygen atoms in total. The smallest absolute Gasteiger partial charge is 0.416 e. The Morgan fingerprint density at radius 1 is 0.911 bits per heavy atom. The van der Waals surface area contributed by atoms with Crippen LogP contribution in [0.5, 0.6) is 0 Å². The summed E-state index contributed by atoms with van der Waals surface area (Å²) in [5.41, 5.74) is 1.20. The summed E-state index contributed by atoms with van der Waals surface area (Å²) in [5, 5.41) is 13.4. The molecular formula is C32H36F6N4O3. The number of nitrogens with zero attached hydrogens (tertiary/aromatic N) is 4. The van der Waals surface area contributed by atoms with E-state index in [1.165, 1.54) is 10.5 Å². The van der Waals surface area contributed by atoms with Gasteiger partial charge in [0.1, 0.15) is 0 Å². The summed E-state index contributed by atoms with van der Waals surface area (Å²) < 4.78 is 87.1. The number of rotatable bonds is 10. The lowest BCUT2D eigenvalue weighted by Crippen LogP contribution is -2.34. The monoisotopic (exact) mass is 638 g/mol. The Bertz CT molecular complexity index is 1480. The van der Waals surface area contributed by atoms with Gasteiger partial charge in [-0.15, -0.1) is 0 Å². The molecule has 1 fully saturated rings. The molecule has 0 aliphatic heterocycles. The lowest BCUT2D eigenvalue weighted by atomic mass is 9.81. The second-order valence-corrected chi connectivity index (χ2v) is 12.1. The topological polar surface area (TPSA) is 82.7 Å². The molecule has 2 aliphatic carbocycles. The van der Waals surface area contributed by atoms with Crippen molar-refractivity contribution in [2.75, 3.05) is 22.9 Å². The number of halogens is 6. The molecule has 13 heteroatoms. The van der Waals surface area contributed by atoms with Gasteiger partial charge in [0.05, 0.1) is 17.0 Å². The first-order chi connectivity index (χ1) is 21.2. The van der Waals surface area contributed by atoms with E-state index < -0.39 is 29.4 Å². The number of carboxylic acid groups (broad SMARTS) is 1. The second kappa shape index (κ2) is 12.9. The SMILES string of the molecule is CCN(C[C@H]1CC[C@H](C(=O)O)CC1)c1cc2c(cc1CN(Cc1cc(C(F)(F)F)cc(C(F)(F)F)c1)c1noc(C)n1)CCC2. The molecule has 2 aromatic carbocycles. The molecule has 1 heterocycles. The van der Waals surface area contributed by atoms with E-state index in [2.05, 4.69) is 27.2 Å². The maximum Gasteiger partial charge on any atom is 0.416 e. The lowest BCUT2D eigenvalue weighted by Gasteiger charge is -2.34. The molecule has 1 aromatic heterocycles. The first kappa shape index (κ1) is 32.6. The van der Waals surface area contributed by atoms with E-state index in [9.17, 15) is 36.2 Å². The summed E-state index contributed by atoms with van der Waals surface area (Å²) in [4.78, 5) is 19.5. The third-order valence-electron chi connectivity index (χ3n) is 8.87. The van der Waals surface area contributed by atoms with Crippen LogP contribution in [0, 0.1) is 18.8 Å². The van der Waals surface area contributed by atoms with Crippen molar-refractivity contribution in [1.82, 2.24) is 10.1 Å². The molecule has 1 saturated carbocycles. The van der Waals surface area contributed by atoms with Crippen molar-refractivity contribution in [1.29, 1.82) is 0 Å². The molecule has 1 N–H and O–H groups in total. The van der Waals surface area contributed by atoms with Crippen LogP contribution in [-0.4, -0.2) is 34.3 Å². The first-order valence-corrected chi connectivity index (χ1v) is 15.2. The van der Waals surface area contributed by atoms with Crippen LogP contribution in [0.2, 0.25) is 0 Å². The summed E-state index contributed by atoms with van der Waals surface area (Å²) >= 11 is 0. The van der Waals surface area contributed by atoms with Crippen LogP contribution in [0.1, 0.15) is 78.3 Å². The predicted molar refractivity (Wildman–Crippen MR) is 155 cm³/mol. The minimum Gasteiger partial charge on any atom is -0.481 e.